The second-order valence-electron chi connectivity index (χ2n) is 3.17. The number of hydrogen-bond donors (Lipinski definition) is 2. The maximum Gasteiger partial charge on any atom is 0.248 e. The maximum atomic E-state index is 10.8. The Kier molecular flexibility index (Phi) is 3.40. The molecule has 3 nitrogen and oxygen atoms in total. The Balaban J connectivity index is 2.83. The molecule has 0 spiro atoms. The van der Waals surface area contributed by atoms with Gasteiger partial charge in [0, 0.05) is 11.3 Å². The van der Waals surface area contributed by atoms with Crippen molar-refractivity contribution in [3.63, 3.8) is 0 Å². The molecule has 0 radical (unpaired) electrons. The highest BCUT2D eigenvalue weighted by molar-refractivity contribution is 5.99. The zero-order chi connectivity index (χ0) is 10.6. The highest BCUT2D eigenvalue weighted by atomic mass is 16.1. The number of carbonyl (C=O) groups excluding carboxylic acids is 1. The average molecular weight is 190 g/mol. The van der Waals surface area contributed by atoms with E-state index in [0.717, 1.165) is 18.4 Å². The van der Waals surface area contributed by atoms with Gasteiger partial charge in [0.1, 0.15) is 0 Å². The van der Waals surface area contributed by atoms with Gasteiger partial charge in [0.25, 0.3) is 0 Å². The third-order valence-corrected chi connectivity index (χ3v) is 2.02. The number of nitrogens with one attached hydrogen (secondary N) is 1. The van der Waals surface area contributed by atoms with Crippen LogP contribution in [-0.4, -0.2) is 11.6 Å². The fourth-order valence-corrected chi connectivity index (χ4v) is 1.23. The van der Waals surface area contributed by atoms with Gasteiger partial charge < -0.3 is 11.1 Å². The number of rotatable bonds is 4. The van der Waals surface area contributed by atoms with E-state index in [0.29, 0.717) is 11.3 Å². The van der Waals surface area contributed by atoms with Gasteiger partial charge in [-0.25, -0.2) is 0 Å². The number of amides is 1. The summed E-state index contributed by atoms with van der Waals surface area (Å²) in [6, 6.07) is 6.83. The smallest absolute Gasteiger partial charge is 0.248 e. The normalized spacial score (nSPS) is 9.79. The van der Waals surface area contributed by atoms with Crippen LogP contribution in [-0.2, 0) is 0 Å². The Bertz CT molecular complexity index is 341. The molecule has 0 aliphatic carbocycles. The van der Waals surface area contributed by atoms with Crippen LogP contribution in [0.15, 0.2) is 24.3 Å². The topological polar surface area (TPSA) is 66.9 Å². The summed E-state index contributed by atoms with van der Waals surface area (Å²) in [6.07, 6.45) is 1.71. The van der Waals surface area contributed by atoms with Crippen LogP contribution in [0.2, 0.25) is 0 Å². The summed E-state index contributed by atoms with van der Waals surface area (Å²) in [7, 11) is 0. The van der Waals surface area contributed by atoms with Crippen molar-refractivity contribution in [3.05, 3.63) is 35.4 Å². The molecule has 0 aliphatic heterocycles. The van der Waals surface area contributed by atoms with Crippen molar-refractivity contribution >= 4 is 11.6 Å². The van der Waals surface area contributed by atoms with E-state index in [9.17, 15) is 4.79 Å². The van der Waals surface area contributed by atoms with E-state index in [1.807, 2.05) is 6.92 Å². The molecule has 0 aliphatic rings. The lowest BCUT2D eigenvalue weighted by atomic mass is 10.0. The third-order valence-electron chi connectivity index (χ3n) is 2.02. The van der Waals surface area contributed by atoms with Crippen molar-refractivity contribution in [3.8, 4) is 0 Å². The van der Waals surface area contributed by atoms with Crippen LogP contribution in [0.5, 0.6) is 0 Å². The summed E-state index contributed by atoms with van der Waals surface area (Å²) < 4.78 is 0. The maximum absolute atomic E-state index is 10.8. The third kappa shape index (κ3) is 2.42. The van der Waals surface area contributed by atoms with Crippen molar-refractivity contribution in [1.82, 2.24) is 0 Å². The first-order chi connectivity index (χ1) is 6.65. The monoisotopic (exact) mass is 190 g/mol. The Morgan fingerprint density at radius 1 is 1.29 bits per heavy atom. The molecule has 0 atom stereocenters. The van der Waals surface area contributed by atoms with E-state index in [2.05, 4.69) is 0 Å². The minimum absolute atomic E-state index is 0.432. The molecule has 14 heavy (non-hydrogen) atoms. The van der Waals surface area contributed by atoms with Gasteiger partial charge in [-0.2, -0.15) is 0 Å². The van der Waals surface area contributed by atoms with Crippen LogP contribution < -0.4 is 5.73 Å². The Morgan fingerprint density at radius 3 is 2.21 bits per heavy atom. The minimum Gasteiger partial charge on any atom is -0.366 e. The van der Waals surface area contributed by atoms with Crippen LogP contribution in [0.3, 0.4) is 0 Å². The molecule has 0 unspecified atom stereocenters. The predicted octanol–water partition coefficient (Wildman–Crippen LogP) is 1.95. The quantitative estimate of drug-likeness (QED) is 0.700. The fourth-order valence-electron chi connectivity index (χ4n) is 1.23. The minimum atomic E-state index is -0.432. The largest absolute Gasteiger partial charge is 0.366 e. The Hall–Kier alpha value is -1.64. The van der Waals surface area contributed by atoms with Crippen LogP contribution in [0.25, 0.3) is 0 Å². The van der Waals surface area contributed by atoms with E-state index >= 15 is 0 Å². The molecular formula is C11H14N2O. The zero-order valence-corrected chi connectivity index (χ0v) is 8.21. The predicted molar refractivity (Wildman–Crippen MR) is 56.7 cm³/mol. The standard InChI is InChI=1S/C11H14N2O/c1-2-3-10(12)8-4-6-9(7-5-8)11(13)14/h4-7,12H,2-3H2,1H3,(H2,13,14). The summed E-state index contributed by atoms with van der Waals surface area (Å²) in [6.45, 7) is 2.03. The van der Waals surface area contributed by atoms with E-state index in [1.54, 1.807) is 24.3 Å². The zero-order valence-electron chi connectivity index (χ0n) is 8.21. The van der Waals surface area contributed by atoms with Crippen molar-refractivity contribution < 1.29 is 4.79 Å². The van der Waals surface area contributed by atoms with E-state index in [-0.39, 0.29) is 0 Å². The highest BCUT2D eigenvalue weighted by Crippen LogP contribution is 2.07. The van der Waals surface area contributed by atoms with Crippen LogP contribution in [0.1, 0.15) is 35.7 Å². The van der Waals surface area contributed by atoms with E-state index in [1.165, 1.54) is 0 Å². The lowest BCUT2D eigenvalue weighted by Crippen LogP contribution is -2.11. The van der Waals surface area contributed by atoms with Gasteiger partial charge in [-0.3, -0.25) is 4.79 Å². The first-order valence-corrected chi connectivity index (χ1v) is 4.62. The number of benzene rings is 1. The van der Waals surface area contributed by atoms with Crippen molar-refractivity contribution in [2.75, 3.05) is 0 Å². The molecule has 1 rings (SSSR count). The van der Waals surface area contributed by atoms with Crippen molar-refractivity contribution in [1.29, 1.82) is 5.41 Å². The SMILES string of the molecule is CCCC(=N)c1ccc(C(N)=O)cc1. The number of nitrogens with two attached hydrogens (primary N) is 1. The second-order valence-corrected chi connectivity index (χ2v) is 3.17. The summed E-state index contributed by atoms with van der Waals surface area (Å²) in [4.78, 5) is 10.8. The molecule has 0 bridgehead atoms. The Morgan fingerprint density at radius 2 is 1.79 bits per heavy atom. The number of hydrogen-bond acceptors (Lipinski definition) is 2. The lowest BCUT2D eigenvalue weighted by molar-refractivity contribution is 0.100. The molecule has 0 saturated carbocycles. The number of primary amides is 1. The molecule has 1 amide bonds. The second kappa shape index (κ2) is 4.56. The van der Waals surface area contributed by atoms with Crippen LogP contribution in [0, 0.1) is 5.41 Å². The first kappa shape index (κ1) is 10.4. The number of carbonyl (C=O) groups is 1. The highest BCUT2D eigenvalue weighted by Gasteiger charge is 2.02. The van der Waals surface area contributed by atoms with Crippen LogP contribution in [0.4, 0.5) is 0 Å². The van der Waals surface area contributed by atoms with E-state index in [4.69, 9.17) is 11.1 Å². The van der Waals surface area contributed by atoms with Gasteiger partial charge in [-0.15, -0.1) is 0 Å². The fraction of sp³-hybridized carbons (Fsp3) is 0.273. The molecule has 0 saturated heterocycles. The van der Waals surface area contributed by atoms with Crippen molar-refractivity contribution in [2.45, 2.75) is 19.8 Å². The summed E-state index contributed by atoms with van der Waals surface area (Å²) in [5.41, 5.74) is 7.05. The summed E-state index contributed by atoms with van der Waals surface area (Å²) in [5.74, 6) is -0.432. The van der Waals surface area contributed by atoms with Gasteiger partial charge >= 0.3 is 0 Å². The van der Waals surface area contributed by atoms with Gasteiger partial charge in [-0.1, -0.05) is 25.5 Å². The lowest BCUT2D eigenvalue weighted by Gasteiger charge is -2.02. The van der Waals surface area contributed by atoms with Gasteiger partial charge in [0.15, 0.2) is 0 Å². The molecule has 3 heteroatoms. The van der Waals surface area contributed by atoms with Gasteiger partial charge in [0.2, 0.25) is 5.91 Å². The molecule has 74 valence electrons. The van der Waals surface area contributed by atoms with E-state index < -0.39 is 5.91 Å². The summed E-state index contributed by atoms with van der Waals surface area (Å²) in [5, 5.41) is 7.69. The molecule has 0 fully saturated rings. The molecule has 1 aromatic rings. The molecule has 1 aromatic carbocycles. The molecule has 3 N–H and O–H groups in total. The van der Waals surface area contributed by atoms with Gasteiger partial charge in [0.05, 0.1) is 0 Å². The molecular weight excluding hydrogens is 176 g/mol. The first-order valence-electron chi connectivity index (χ1n) is 4.62. The summed E-state index contributed by atoms with van der Waals surface area (Å²) >= 11 is 0. The van der Waals surface area contributed by atoms with Crippen molar-refractivity contribution in [2.24, 2.45) is 5.73 Å². The average Bonchev–Trinajstić information content (AvgIpc) is 2.18. The van der Waals surface area contributed by atoms with Crippen LogP contribution >= 0.6 is 0 Å². The Labute approximate surface area is 83.4 Å². The molecule has 0 heterocycles. The molecule has 0 aromatic heterocycles. The van der Waals surface area contributed by atoms with Gasteiger partial charge in [-0.05, 0) is 24.1 Å².